The minimum absolute atomic E-state index is 0.686. The van der Waals surface area contributed by atoms with E-state index < -0.39 is 0 Å². The number of unbranched alkanes of at least 4 members (excludes halogenated alkanes) is 1. The molecule has 0 bridgehead atoms. The van der Waals surface area contributed by atoms with Crippen molar-refractivity contribution in [2.45, 2.75) is 39.5 Å². The van der Waals surface area contributed by atoms with E-state index in [0.717, 1.165) is 19.5 Å². The first-order valence-corrected chi connectivity index (χ1v) is 5.79. The predicted octanol–water partition coefficient (Wildman–Crippen LogP) is 3.34. The van der Waals surface area contributed by atoms with E-state index in [1.54, 1.807) is 0 Å². The van der Waals surface area contributed by atoms with Gasteiger partial charge in [0, 0.05) is 5.88 Å². The van der Waals surface area contributed by atoms with Crippen LogP contribution in [0.3, 0.4) is 0 Å². The van der Waals surface area contributed by atoms with Gasteiger partial charge in [-0.1, -0.05) is 25.0 Å². The van der Waals surface area contributed by atoms with E-state index in [-0.39, 0.29) is 0 Å². The van der Waals surface area contributed by atoms with Gasteiger partial charge in [-0.2, -0.15) is 0 Å². The lowest BCUT2D eigenvalue weighted by atomic mass is 10.1. The SMILES string of the molecule is C/C=C(/CCl)CCCNCCCC. The lowest BCUT2D eigenvalue weighted by Gasteiger charge is -2.04. The molecule has 0 aliphatic heterocycles. The monoisotopic (exact) mass is 203 g/mol. The number of hydrogen-bond acceptors (Lipinski definition) is 1. The van der Waals surface area contributed by atoms with Crippen LogP contribution in [0, 0.1) is 0 Å². The highest BCUT2D eigenvalue weighted by atomic mass is 35.5. The number of halogens is 1. The Kier molecular flexibility index (Phi) is 10.1. The third-order valence-corrected chi connectivity index (χ3v) is 2.48. The Balaban J connectivity index is 3.15. The number of rotatable bonds is 8. The molecule has 0 spiro atoms. The Hall–Kier alpha value is -0.0100. The summed E-state index contributed by atoms with van der Waals surface area (Å²) in [6, 6.07) is 0. The first-order valence-electron chi connectivity index (χ1n) is 5.25. The lowest BCUT2D eigenvalue weighted by molar-refractivity contribution is 0.616. The summed E-state index contributed by atoms with van der Waals surface area (Å²) in [5.41, 5.74) is 1.36. The van der Waals surface area contributed by atoms with Gasteiger partial charge in [0.2, 0.25) is 0 Å². The van der Waals surface area contributed by atoms with Crippen molar-refractivity contribution in [3.63, 3.8) is 0 Å². The van der Waals surface area contributed by atoms with Crippen LogP contribution >= 0.6 is 11.6 Å². The van der Waals surface area contributed by atoms with Gasteiger partial charge in [0.25, 0.3) is 0 Å². The van der Waals surface area contributed by atoms with Gasteiger partial charge >= 0.3 is 0 Å². The molecule has 2 heteroatoms. The molecule has 78 valence electrons. The van der Waals surface area contributed by atoms with E-state index in [1.165, 1.54) is 24.8 Å². The molecule has 0 aromatic rings. The maximum Gasteiger partial charge on any atom is 0.0433 e. The number of nitrogens with one attached hydrogen (secondary N) is 1. The Morgan fingerprint density at radius 1 is 1.31 bits per heavy atom. The topological polar surface area (TPSA) is 12.0 Å². The van der Waals surface area contributed by atoms with Crippen molar-refractivity contribution in [1.82, 2.24) is 5.32 Å². The van der Waals surface area contributed by atoms with Crippen LogP contribution in [0.1, 0.15) is 39.5 Å². The van der Waals surface area contributed by atoms with Gasteiger partial charge in [0.15, 0.2) is 0 Å². The van der Waals surface area contributed by atoms with Gasteiger partial charge in [-0.15, -0.1) is 11.6 Å². The molecule has 0 amide bonds. The molecule has 0 aliphatic rings. The molecule has 0 atom stereocenters. The van der Waals surface area contributed by atoms with Crippen LogP contribution in [0.4, 0.5) is 0 Å². The van der Waals surface area contributed by atoms with E-state index in [4.69, 9.17) is 11.6 Å². The summed E-state index contributed by atoms with van der Waals surface area (Å²) < 4.78 is 0. The van der Waals surface area contributed by atoms with Crippen molar-refractivity contribution >= 4 is 11.6 Å². The summed E-state index contributed by atoms with van der Waals surface area (Å²) in [6.07, 6.45) is 7.02. The van der Waals surface area contributed by atoms with Crippen LogP contribution in [-0.4, -0.2) is 19.0 Å². The molecule has 1 N–H and O–H groups in total. The number of allylic oxidation sites excluding steroid dienone is 2. The normalized spacial score (nSPS) is 12.1. The van der Waals surface area contributed by atoms with Crippen LogP contribution in [-0.2, 0) is 0 Å². The summed E-state index contributed by atoms with van der Waals surface area (Å²) in [7, 11) is 0. The van der Waals surface area contributed by atoms with Crippen LogP contribution in [0.25, 0.3) is 0 Å². The fourth-order valence-corrected chi connectivity index (χ4v) is 1.44. The third kappa shape index (κ3) is 8.32. The molecule has 0 aliphatic carbocycles. The molecule has 0 aromatic carbocycles. The van der Waals surface area contributed by atoms with E-state index in [0.29, 0.717) is 5.88 Å². The molecular formula is C11H22ClN. The summed E-state index contributed by atoms with van der Waals surface area (Å²) in [5.74, 6) is 0.686. The Labute approximate surface area is 87.6 Å². The Morgan fingerprint density at radius 2 is 2.00 bits per heavy atom. The molecule has 0 saturated heterocycles. The first kappa shape index (κ1) is 13.0. The summed E-state index contributed by atoms with van der Waals surface area (Å²) >= 11 is 5.74. The number of hydrogen-bond donors (Lipinski definition) is 1. The average Bonchev–Trinajstić information content (AvgIpc) is 2.17. The third-order valence-electron chi connectivity index (χ3n) is 2.14. The molecule has 0 radical (unpaired) electrons. The van der Waals surface area contributed by atoms with Gasteiger partial charge in [-0.05, 0) is 39.3 Å². The molecule has 0 rings (SSSR count). The smallest absolute Gasteiger partial charge is 0.0433 e. The highest BCUT2D eigenvalue weighted by Crippen LogP contribution is 2.05. The first-order chi connectivity index (χ1) is 6.35. The highest BCUT2D eigenvalue weighted by molar-refractivity contribution is 6.19. The van der Waals surface area contributed by atoms with Gasteiger partial charge in [0.1, 0.15) is 0 Å². The van der Waals surface area contributed by atoms with Crippen molar-refractivity contribution in [3.05, 3.63) is 11.6 Å². The van der Waals surface area contributed by atoms with E-state index >= 15 is 0 Å². The van der Waals surface area contributed by atoms with E-state index in [1.807, 2.05) is 0 Å². The van der Waals surface area contributed by atoms with Crippen molar-refractivity contribution < 1.29 is 0 Å². The molecule has 0 unspecified atom stereocenters. The standard InChI is InChI=1S/C11H22ClN/c1-3-5-8-13-9-6-7-11(4-2)10-12/h4,13H,3,5-10H2,1-2H3/b11-4+. The number of alkyl halides is 1. The Bertz CT molecular complexity index is 132. The molecule has 13 heavy (non-hydrogen) atoms. The molecule has 0 aromatic heterocycles. The zero-order chi connectivity index (χ0) is 9.94. The van der Waals surface area contributed by atoms with Crippen molar-refractivity contribution in [1.29, 1.82) is 0 Å². The van der Waals surface area contributed by atoms with Gasteiger partial charge in [-0.3, -0.25) is 0 Å². The second-order valence-corrected chi connectivity index (χ2v) is 3.55. The van der Waals surface area contributed by atoms with Gasteiger partial charge in [-0.25, -0.2) is 0 Å². The summed E-state index contributed by atoms with van der Waals surface area (Å²) in [5, 5.41) is 3.42. The highest BCUT2D eigenvalue weighted by Gasteiger charge is 1.93. The summed E-state index contributed by atoms with van der Waals surface area (Å²) in [6.45, 7) is 6.55. The van der Waals surface area contributed by atoms with Crippen molar-refractivity contribution in [2.75, 3.05) is 19.0 Å². The minimum atomic E-state index is 0.686. The maximum absolute atomic E-state index is 5.74. The van der Waals surface area contributed by atoms with E-state index in [9.17, 15) is 0 Å². The fourth-order valence-electron chi connectivity index (χ4n) is 1.16. The van der Waals surface area contributed by atoms with Gasteiger partial charge < -0.3 is 5.32 Å². The second kappa shape index (κ2) is 10.1. The molecule has 1 nitrogen and oxygen atoms in total. The molecule has 0 saturated carbocycles. The zero-order valence-corrected chi connectivity index (χ0v) is 9.66. The predicted molar refractivity (Wildman–Crippen MR) is 61.5 cm³/mol. The second-order valence-electron chi connectivity index (χ2n) is 3.29. The average molecular weight is 204 g/mol. The fraction of sp³-hybridized carbons (Fsp3) is 0.818. The lowest BCUT2D eigenvalue weighted by Crippen LogP contribution is -2.16. The van der Waals surface area contributed by atoms with Crippen LogP contribution < -0.4 is 5.32 Å². The van der Waals surface area contributed by atoms with E-state index in [2.05, 4.69) is 25.2 Å². The van der Waals surface area contributed by atoms with Crippen molar-refractivity contribution in [3.8, 4) is 0 Å². The minimum Gasteiger partial charge on any atom is -0.317 e. The molecule has 0 fully saturated rings. The van der Waals surface area contributed by atoms with Crippen LogP contribution in [0.5, 0.6) is 0 Å². The van der Waals surface area contributed by atoms with Crippen molar-refractivity contribution in [2.24, 2.45) is 0 Å². The Morgan fingerprint density at radius 3 is 2.54 bits per heavy atom. The molecule has 0 heterocycles. The van der Waals surface area contributed by atoms with Gasteiger partial charge in [0.05, 0.1) is 0 Å². The largest absolute Gasteiger partial charge is 0.317 e. The maximum atomic E-state index is 5.74. The summed E-state index contributed by atoms with van der Waals surface area (Å²) in [4.78, 5) is 0. The zero-order valence-electron chi connectivity index (χ0n) is 8.91. The molecular weight excluding hydrogens is 182 g/mol. The van der Waals surface area contributed by atoms with Crippen LogP contribution in [0.2, 0.25) is 0 Å². The van der Waals surface area contributed by atoms with Crippen LogP contribution in [0.15, 0.2) is 11.6 Å². The quantitative estimate of drug-likeness (QED) is 0.363.